The lowest BCUT2D eigenvalue weighted by Gasteiger charge is -2.10. The van der Waals surface area contributed by atoms with Crippen molar-refractivity contribution in [1.82, 2.24) is 9.13 Å². The molecule has 0 saturated carbocycles. The maximum Gasteiger partial charge on any atom is 0.145 e. The van der Waals surface area contributed by atoms with Crippen LogP contribution < -0.4 is 0 Å². The summed E-state index contributed by atoms with van der Waals surface area (Å²) >= 11 is 0. The van der Waals surface area contributed by atoms with Crippen LogP contribution in [0.4, 0.5) is 0 Å². The molecule has 3 nitrogen and oxygen atoms in total. The summed E-state index contributed by atoms with van der Waals surface area (Å²) in [4.78, 5) is 0. The molecule has 0 aliphatic rings. The van der Waals surface area contributed by atoms with Crippen LogP contribution in [0, 0.1) is 0 Å². The minimum atomic E-state index is 0.908. The summed E-state index contributed by atoms with van der Waals surface area (Å²) in [5, 5.41) is 12.0. The third kappa shape index (κ3) is 4.10. The fourth-order valence-electron chi connectivity index (χ4n) is 8.81. The molecule has 0 saturated heterocycles. The number of furan rings is 1. The molecule has 3 heterocycles. The van der Waals surface area contributed by atoms with Crippen molar-refractivity contribution in [1.29, 1.82) is 0 Å². The Bertz CT molecular complexity index is 3470. The van der Waals surface area contributed by atoms with Crippen molar-refractivity contribution >= 4 is 87.1 Å². The average Bonchev–Trinajstić information content (AvgIpc) is 3.87. The molecule has 0 bridgehead atoms. The minimum Gasteiger partial charge on any atom is -0.455 e. The van der Waals surface area contributed by atoms with Gasteiger partial charge in [-0.25, -0.2) is 0 Å². The van der Waals surface area contributed by atoms with Gasteiger partial charge in [0.05, 0.1) is 27.5 Å². The van der Waals surface area contributed by atoms with E-state index in [0.717, 1.165) is 44.0 Å². The van der Waals surface area contributed by atoms with E-state index in [1.807, 2.05) is 6.07 Å². The van der Waals surface area contributed by atoms with E-state index in [1.54, 1.807) is 0 Å². The van der Waals surface area contributed by atoms with Crippen molar-refractivity contribution in [3.05, 3.63) is 182 Å². The van der Waals surface area contributed by atoms with E-state index in [4.69, 9.17) is 4.42 Å². The van der Waals surface area contributed by atoms with Crippen LogP contribution in [0.2, 0.25) is 0 Å². The second-order valence-electron chi connectivity index (χ2n) is 14.1. The van der Waals surface area contributed by atoms with Crippen LogP contribution >= 0.6 is 0 Å². The molecular formula is C50H30N2O. The van der Waals surface area contributed by atoms with Gasteiger partial charge in [0.1, 0.15) is 11.2 Å². The minimum absolute atomic E-state index is 0.908. The van der Waals surface area contributed by atoms with Gasteiger partial charge in [-0.1, -0.05) is 109 Å². The van der Waals surface area contributed by atoms with Crippen LogP contribution in [-0.2, 0) is 0 Å². The van der Waals surface area contributed by atoms with E-state index in [0.29, 0.717) is 0 Å². The number of hydrogen-bond donors (Lipinski definition) is 0. The second kappa shape index (κ2) is 10.7. The molecule has 0 unspecified atom stereocenters. The lowest BCUT2D eigenvalue weighted by molar-refractivity contribution is 0.673. The lowest BCUT2D eigenvalue weighted by atomic mass is 10.00. The first kappa shape index (κ1) is 28.6. The van der Waals surface area contributed by atoms with Gasteiger partial charge >= 0.3 is 0 Å². The van der Waals surface area contributed by atoms with Crippen LogP contribution in [0.5, 0.6) is 0 Å². The second-order valence-corrected chi connectivity index (χ2v) is 14.1. The summed E-state index contributed by atoms with van der Waals surface area (Å²) in [6, 6.07) is 66.1. The molecule has 12 aromatic rings. The van der Waals surface area contributed by atoms with Gasteiger partial charge < -0.3 is 13.6 Å². The highest BCUT2D eigenvalue weighted by molar-refractivity contribution is 6.24. The van der Waals surface area contributed by atoms with Crippen LogP contribution in [0.25, 0.3) is 110 Å². The van der Waals surface area contributed by atoms with E-state index in [-0.39, 0.29) is 0 Å². The van der Waals surface area contributed by atoms with Crippen molar-refractivity contribution in [2.45, 2.75) is 0 Å². The molecular weight excluding hydrogens is 645 g/mol. The third-order valence-corrected chi connectivity index (χ3v) is 11.3. The maximum absolute atomic E-state index is 6.70. The Balaban J connectivity index is 1.11. The number of rotatable bonds is 3. The summed E-state index contributed by atoms with van der Waals surface area (Å²) in [5.41, 5.74) is 11.2. The number of nitrogens with zero attached hydrogens (tertiary/aromatic N) is 2. The Kier molecular flexibility index (Phi) is 5.77. The highest BCUT2D eigenvalue weighted by Crippen LogP contribution is 2.43. The van der Waals surface area contributed by atoms with Gasteiger partial charge in [0.25, 0.3) is 0 Å². The van der Waals surface area contributed by atoms with E-state index in [1.165, 1.54) is 65.6 Å². The van der Waals surface area contributed by atoms with Crippen molar-refractivity contribution in [2.24, 2.45) is 0 Å². The number of benzene rings is 9. The third-order valence-electron chi connectivity index (χ3n) is 11.3. The fourth-order valence-corrected chi connectivity index (χ4v) is 8.81. The summed E-state index contributed by atoms with van der Waals surface area (Å²) in [7, 11) is 0. The Morgan fingerprint density at radius 1 is 0.321 bits per heavy atom. The van der Waals surface area contributed by atoms with Gasteiger partial charge in [0.15, 0.2) is 0 Å². The quantitative estimate of drug-likeness (QED) is 0.183. The average molecular weight is 675 g/mol. The zero-order valence-electron chi connectivity index (χ0n) is 28.6. The summed E-state index contributed by atoms with van der Waals surface area (Å²) in [6.07, 6.45) is 0. The summed E-state index contributed by atoms with van der Waals surface area (Å²) in [5.74, 6) is 0. The molecule has 3 aromatic heterocycles. The largest absolute Gasteiger partial charge is 0.455 e. The molecule has 0 atom stereocenters. The molecule has 0 fully saturated rings. The van der Waals surface area contributed by atoms with Gasteiger partial charge in [-0.2, -0.15) is 0 Å². The van der Waals surface area contributed by atoms with Crippen molar-refractivity contribution in [2.75, 3.05) is 0 Å². The first-order valence-electron chi connectivity index (χ1n) is 18.2. The van der Waals surface area contributed by atoms with Gasteiger partial charge in [-0.15, -0.1) is 0 Å². The predicted octanol–water partition coefficient (Wildman–Crippen LogP) is 13.8. The zero-order valence-corrected chi connectivity index (χ0v) is 28.6. The van der Waals surface area contributed by atoms with Gasteiger partial charge in [-0.3, -0.25) is 0 Å². The van der Waals surface area contributed by atoms with Crippen molar-refractivity contribution in [3.8, 4) is 22.5 Å². The molecule has 9 aromatic carbocycles. The molecule has 0 radical (unpaired) electrons. The molecule has 246 valence electrons. The zero-order chi connectivity index (χ0) is 34.6. The Labute approximate surface area is 304 Å². The topological polar surface area (TPSA) is 23.0 Å². The summed E-state index contributed by atoms with van der Waals surface area (Å²) in [6.45, 7) is 0. The summed E-state index contributed by atoms with van der Waals surface area (Å²) < 4.78 is 11.5. The first-order chi connectivity index (χ1) is 26.3. The van der Waals surface area contributed by atoms with E-state index >= 15 is 0 Å². The Hall–Kier alpha value is -7.10. The molecule has 0 N–H and O–H groups in total. The SMILES string of the molecule is c1ccc2cc(-n3c4ccccc4c4cc(-c5ccc6c(c5)c5c7oc8ccccc8c7ccc5n6-c5ccc6ccccc6c5)ccc43)ccc2c1. The predicted molar refractivity (Wildman–Crippen MR) is 223 cm³/mol. The molecule has 0 aliphatic carbocycles. The standard InChI is InChI=1S/C50H30N2O/c1-3-11-33-27-37(21-17-31(33)9-1)51-44-15-7-5-13-39(44)42-29-35(19-24-45(42)51)36-20-25-46-43(30-36)49-47(26-23-41-40-14-6-8-16-48(40)53-50(41)49)52(46)38-22-18-32-10-2-4-12-34(32)28-38/h1-30H. The molecule has 12 rings (SSSR count). The van der Waals surface area contributed by atoms with Crippen LogP contribution in [0.15, 0.2) is 186 Å². The van der Waals surface area contributed by atoms with Crippen LogP contribution in [0.3, 0.4) is 0 Å². The van der Waals surface area contributed by atoms with E-state index in [2.05, 4.69) is 185 Å². The highest BCUT2D eigenvalue weighted by atomic mass is 16.3. The monoisotopic (exact) mass is 674 g/mol. The number of para-hydroxylation sites is 2. The fraction of sp³-hybridized carbons (Fsp3) is 0. The van der Waals surface area contributed by atoms with Gasteiger partial charge in [0, 0.05) is 38.3 Å². The van der Waals surface area contributed by atoms with Crippen molar-refractivity contribution in [3.63, 3.8) is 0 Å². The first-order valence-corrected chi connectivity index (χ1v) is 18.2. The van der Waals surface area contributed by atoms with Crippen LogP contribution in [-0.4, -0.2) is 9.13 Å². The normalized spacial score (nSPS) is 12.2. The number of aromatic nitrogens is 2. The number of hydrogen-bond acceptors (Lipinski definition) is 1. The molecule has 0 aliphatic heterocycles. The smallest absolute Gasteiger partial charge is 0.145 e. The molecule has 0 spiro atoms. The van der Waals surface area contributed by atoms with E-state index < -0.39 is 0 Å². The van der Waals surface area contributed by atoms with Gasteiger partial charge in [-0.05, 0) is 105 Å². The van der Waals surface area contributed by atoms with Crippen LogP contribution in [0.1, 0.15) is 0 Å². The van der Waals surface area contributed by atoms with E-state index in [9.17, 15) is 0 Å². The molecule has 3 heteroatoms. The van der Waals surface area contributed by atoms with Gasteiger partial charge in [0.2, 0.25) is 0 Å². The molecule has 53 heavy (non-hydrogen) atoms. The lowest BCUT2D eigenvalue weighted by Crippen LogP contribution is -1.94. The highest BCUT2D eigenvalue weighted by Gasteiger charge is 2.20. The Morgan fingerprint density at radius 3 is 1.57 bits per heavy atom. The molecule has 0 amide bonds. The number of fused-ring (bicyclic) bond motifs is 12. The maximum atomic E-state index is 6.70. The Morgan fingerprint density at radius 2 is 0.849 bits per heavy atom. The van der Waals surface area contributed by atoms with Crippen molar-refractivity contribution < 1.29 is 4.42 Å².